The Labute approximate surface area is 156 Å². The van der Waals surface area contributed by atoms with E-state index in [4.69, 9.17) is 16.3 Å². The third kappa shape index (κ3) is 4.07. The number of aromatic nitrogens is 4. The van der Waals surface area contributed by atoms with Crippen molar-refractivity contribution in [2.75, 3.05) is 5.32 Å². The van der Waals surface area contributed by atoms with E-state index < -0.39 is 0 Å². The van der Waals surface area contributed by atoms with Crippen LogP contribution in [0.4, 0.5) is 16.4 Å². The molecule has 2 fully saturated rings. The Morgan fingerprint density at radius 3 is 2.88 bits per heavy atom. The second-order valence-electron chi connectivity index (χ2n) is 7.28. The number of hydrogen-bond donors (Lipinski definition) is 3. The fourth-order valence-corrected chi connectivity index (χ4v) is 3.28. The van der Waals surface area contributed by atoms with Gasteiger partial charge in [-0.1, -0.05) is 11.6 Å². The zero-order valence-electron chi connectivity index (χ0n) is 14.5. The summed E-state index contributed by atoms with van der Waals surface area (Å²) in [6.07, 6.45) is 7.34. The molecule has 138 valence electrons. The molecule has 4 rings (SSSR count). The summed E-state index contributed by atoms with van der Waals surface area (Å²) in [5.74, 6) is 1.54. The maximum absolute atomic E-state index is 11.9. The van der Waals surface area contributed by atoms with Crippen molar-refractivity contribution in [2.45, 2.75) is 56.6 Å². The van der Waals surface area contributed by atoms with Crippen molar-refractivity contribution < 1.29 is 9.53 Å². The van der Waals surface area contributed by atoms with E-state index in [1.54, 1.807) is 6.20 Å². The topological polar surface area (TPSA) is 105 Å². The standard InChI is InChI=1S/C17H21ClN6O2/c1-17(4-5-17)22-16(25)26-11-3-2-10(6-11)12-7-14(24-23-12)21-15-9-19-13(18)8-20-15/h7-11H,2-6H2,1H3,(H,22,25)(H2,20,21,23,24)/t10-,11+/m0/s1. The zero-order valence-corrected chi connectivity index (χ0v) is 15.2. The largest absolute Gasteiger partial charge is 0.446 e. The summed E-state index contributed by atoms with van der Waals surface area (Å²) in [7, 11) is 0. The van der Waals surface area contributed by atoms with Crippen LogP contribution >= 0.6 is 11.6 Å². The first-order valence-electron chi connectivity index (χ1n) is 8.78. The van der Waals surface area contributed by atoms with Gasteiger partial charge in [0.1, 0.15) is 17.1 Å². The van der Waals surface area contributed by atoms with Crippen LogP contribution in [0.2, 0.25) is 5.15 Å². The molecule has 1 amide bonds. The monoisotopic (exact) mass is 376 g/mol. The van der Waals surface area contributed by atoms with Crippen LogP contribution in [0.25, 0.3) is 0 Å². The highest BCUT2D eigenvalue weighted by Crippen LogP contribution is 2.37. The lowest BCUT2D eigenvalue weighted by molar-refractivity contribution is 0.0967. The van der Waals surface area contributed by atoms with E-state index >= 15 is 0 Å². The van der Waals surface area contributed by atoms with E-state index in [0.29, 0.717) is 22.7 Å². The predicted octanol–water partition coefficient (Wildman–Crippen LogP) is 3.51. The lowest BCUT2D eigenvalue weighted by Gasteiger charge is -2.16. The highest BCUT2D eigenvalue weighted by Gasteiger charge is 2.40. The molecule has 0 bridgehead atoms. The van der Waals surface area contributed by atoms with Crippen molar-refractivity contribution in [2.24, 2.45) is 0 Å². The average molecular weight is 377 g/mol. The van der Waals surface area contributed by atoms with Gasteiger partial charge >= 0.3 is 6.09 Å². The lowest BCUT2D eigenvalue weighted by atomic mass is 10.0. The van der Waals surface area contributed by atoms with Crippen molar-refractivity contribution in [3.63, 3.8) is 0 Å². The first kappa shape index (κ1) is 17.1. The van der Waals surface area contributed by atoms with Gasteiger partial charge in [-0.15, -0.1) is 0 Å². The molecule has 0 aliphatic heterocycles. The van der Waals surface area contributed by atoms with Gasteiger partial charge in [0.15, 0.2) is 5.82 Å². The Morgan fingerprint density at radius 2 is 2.15 bits per heavy atom. The number of ether oxygens (including phenoxy) is 1. The number of anilines is 2. The number of amides is 1. The minimum Gasteiger partial charge on any atom is -0.446 e. The van der Waals surface area contributed by atoms with Crippen LogP contribution in [-0.4, -0.2) is 37.9 Å². The van der Waals surface area contributed by atoms with Gasteiger partial charge in [-0.25, -0.2) is 14.8 Å². The molecule has 2 atom stereocenters. The summed E-state index contributed by atoms with van der Waals surface area (Å²) in [5.41, 5.74) is 0.971. The molecule has 2 aromatic rings. The molecular formula is C17H21ClN6O2. The summed E-state index contributed by atoms with van der Waals surface area (Å²) in [6.45, 7) is 2.04. The van der Waals surface area contributed by atoms with Gasteiger partial charge in [0.25, 0.3) is 0 Å². The number of carbonyl (C=O) groups is 1. The van der Waals surface area contributed by atoms with Crippen LogP contribution in [0.5, 0.6) is 0 Å². The molecule has 2 aliphatic rings. The fraction of sp³-hybridized carbons (Fsp3) is 0.529. The summed E-state index contributed by atoms with van der Waals surface area (Å²) >= 11 is 5.73. The van der Waals surface area contributed by atoms with E-state index in [1.807, 2.05) is 13.0 Å². The number of nitrogens with one attached hydrogen (secondary N) is 3. The normalized spacial score (nSPS) is 23.5. The SMILES string of the molecule is CC1(NC(=O)O[C@@H]2CC[C@H](c3cc(Nc4cnc(Cl)cn4)n[nH]3)C2)CC1. The Hall–Kier alpha value is -2.35. The third-order valence-electron chi connectivity index (χ3n) is 4.98. The Kier molecular flexibility index (Phi) is 4.44. The van der Waals surface area contributed by atoms with Gasteiger partial charge in [-0.05, 0) is 39.0 Å². The van der Waals surface area contributed by atoms with Crippen molar-refractivity contribution in [3.8, 4) is 0 Å². The van der Waals surface area contributed by atoms with E-state index in [1.165, 1.54) is 6.20 Å². The number of aromatic amines is 1. The molecule has 0 spiro atoms. The van der Waals surface area contributed by atoms with Crippen molar-refractivity contribution in [1.29, 1.82) is 0 Å². The van der Waals surface area contributed by atoms with Crippen LogP contribution in [-0.2, 0) is 4.74 Å². The molecule has 0 saturated heterocycles. The minimum absolute atomic E-state index is 0.0517. The summed E-state index contributed by atoms with van der Waals surface area (Å²) in [5, 5.41) is 13.7. The van der Waals surface area contributed by atoms with E-state index in [0.717, 1.165) is 37.8 Å². The molecule has 2 saturated carbocycles. The summed E-state index contributed by atoms with van der Waals surface area (Å²) < 4.78 is 5.56. The van der Waals surface area contributed by atoms with Gasteiger partial charge in [-0.2, -0.15) is 5.10 Å². The smallest absolute Gasteiger partial charge is 0.407 e. The quantitative estimate of drug-likeness (QED) is 0.737. The van der Waals surface area contributed by atoms with Crippen LogP contribution in [0.1, 0.15) is 50.6 Å². The molecule has 8 nitrogen and oxygen atoms in total. The Morgan fingerprint density at radius 1 is 1.31 bits per heavy atom. The highest BCUT2D eigenvalue weighted by molar-refractivity contribution is 6.29. The molecule has 0 unspecified atom stereocenters. The van der Waals surface area contributed by atoms with E-state index in [-0.39, 0.29) is 17.7 Å². The van der Waals surface area contributed by atoms with Crippen LogP contribution in [0.15, 0.2) is 18.5 Å². The second-order valence-corrected chi connectivity index (χ2v) is 7.67. The molecule has 2 aromatic heterocycles. The van der Waals surface area contributed by atoms with Crippen LogP contribution in [0.3, 0.4) is 0 Å². The van der Waals surface area contributed by atoms with E-state index in [9.17, 15) is 4.79 Å². The molecule has 2 aliphatic carbocycles. The van der Waals surface area contributed by atoms with Crippen molar-refractivity contribution in [1.82, 2.24) is 25.5 Å². The fourth-order valence-electron chi connectivity index (χ4n) is 3.19. The van der Waals surface area contributed by atoms with Crippen molar-refractivity contribution >= 4 is 29.3 Å². The number of halogens is 1. The van der Waals surface area contributed by atoms with Crippen LogP contribution in [0, 0.1) is 0 Å². The number of hydrogen-bond acceptors (Lipinski definition) is 6. The van der Waals surface area contributed by atoms with Gasteiger partial charge in [-0.3, -0.25) is 5.10 Å². The number of rotatable bonds is 5. The van der Waals surface area contributed by atoms with Gasteiger partial charge in [0.05, 0.1) is 12.4 Å². The maximum Gasteiger partial charge on any atom is 0.407 e. The molecule has 3 N–H and O–H groups in total. The minimum atomic E-state index is -0.302. The maximum atomic E-state index is 11.9. The molecule has 26 heavy (non-hydrogen) atoms. The zero-order chi connectivity index (χ0) is 18.1. The number of alkyl carbamates (subject to hydrolysis) is 1. The summed E-state index contributed by atoms with van der Waals surface area (Å²) in [4.78, 5) is 20.1. The number of nitrogens with zero attached hydrogens (tertiary/aromatic N) is 3. The van der Waals surface area contributed by atoms with Gasteiger partial charge in [0.2, 0.25) is 0 Å². The molecule has 9 heteroatoms. The molecule has 2 heterocycles. The van der Waals surface area contributed by atoms with E-state index in [2.05, 4.69) is 30.8 Å². The van der Waals surface area contributed by atoms with Gasteiger partial charge in [0, 0.05) is 23.2 Å². The number of carbonyl (C=O) groups excluding carboxylic acids is 1. The first-order valence-corrected chi connectivity index (χ1v) is 9.16. The first-order chi connectivity index (χ1) is 12.5. The summed E-state index contributed by atoms with van der Waals surface area (Å²) in [6, 6.07) is 1.95. The van der Waals surface area contributed by atoms with Crippen LogP contribution < -0.4 is 10.6 Å². The average Bonchev–Trinajstić information content (AvgIpc) is 3.01. The number of H-pyrrole nitrogens is 1. The lowest BCUT2D eigenvalue weighted by Crippen LogP contribution is -2.36. The molecule has 0 radical (unpaired) electrons. The predicted molar refractivity (Wildman–Crippen MR) is 96.5 cm³/mol. The molecule has 0 aromatic carbocycles. The third-order valence-corrected chi connectivity index (χ3v) is 5.17. The second kappa shape index (κ2) is 6.75. The Balaban J connectivity index is 1.30. The Bertz CT molecular complexity index is 789. The van der Waals surface area contributed by atoms with Crippen molar-refractivity contribution in [3.05, 3.63) is 29.3 Å². The van der Waals surface area contributed by atoms with Gasteiger partial charge < -0.3 is 15.4 Å². The highest BCUT2D eigenvalue weighted by atomic mass is 35.5. The molecular weight excluding hydrogens is 356 g/mol.